The molecule has 1 atom stereocenters. The quantitative estimate of drug-likeness (QED) is 0.454. The third-order valence-electron chi connectivity index (χ3n) is 5.31. The van der Waals surface area contributed by atoms with Crippen LogP contribution in [0.4, 0.5) is 28.9 Å². The number of hydrogen-bond acceptors (Lipinski definition) is 4. The molecule has 6 nitrogen and oxygen atoms in total. The van der Waals surface area contributed by atoms with Gasteiger partial charge in [-0.25, -0.2) is 12.8 Å². The number of rotatable bonds is 10. The molecule has 2 aromatic rings. The van der Waals surface area contributed by atoms with Crippen molar-refractivity contribution in [1.82, 2.24) is 5.32 Å². The summed E-state index contributed by atoms with van der Waals surface area (Å²) in [4.78, 5) is 14.4. The van der Waals surface area contributed by atoms with Crippen LogP contribution in [0.15, 0.2) is 36.4 Å². The van der Waals surface area contributed by atoms with Crippen molar-refractivity contribution >= 4 is 27.3 Å². The minimum atomic E-state index is -4.49. The molecule has 34 heavy (non-hydrogen) atoms. The van der Waals surface area contributed by atoms with Crippen LogP contribution in [0, 0.1) is 5.82 Å². The predicted molar refractivity (Wildman–Crippen MR) is 125 cm³/mol. The molecule has 0 aliphatic carbocycles. The van der Waals surface area contributed by atoms with Gasteiger partial charge in [-0.05, 0) is 48.7 Å². The van der Waals surface area contributed by atoms with Crippen LogP contribution < -0.4 is 14.9 Å². The maximum Gasteiger partial charge on any atom is 0.416 e. The van der Waals surface area contributed by atoms with Crippen LogP contribution in [0.3, 0.4) is 0 Å². The molecule has 1 unspecified atom stereocenters. The number of unbranched alkanes of at least 4 members (excludes halogenated alkanes) is 1. The summed E-state index contributed by atoms with van der Waals surface area (Å²) < 4.78 is 78.6. The lowest BCUT2D eigenvalue weighted by molar-refractivity contribution is -0.137. The number of amides is 1. The molecule has 2 N–H and O–H groups in total. The van der Waals surface area contributed by atoms with Gasteiger partial charge >= 0.3 is 6.18 Å². The number of carbonyl (C=O) groups is 1. The topological polar surface area (TPSA) is 78.5 Å². The third-order valence-corrected chi connectivity index (χ3v) is 5.90. The Morgan fingerprint density at radius 2 is 1.82 bits per heavy atom. The van der Waals surface area contributed by atoms with Gasteiger partial charge in [0.05, 0.1) is 23.4 Å². The molecular formula is C23H29F4N3O3S. The summed E-state index contributed by atoms with van der Waals surface area (Å²) in [5, 5.41) is 2.70. The molecule has 1 amide bonds. The Labute approximate surface area is 197 Å². The van der Waals surface area contributed by atoms with Gasteiger partial charge in [0.25, 0.3) is 0 Å². The van der Waals surface area contributed by atoms with Crippen molar-refractivity contribution in [2.45, 2.75) is 45.3 Å². The van der Waals surface area contributed by atoms with E-state index in [1.54, 1.807) is 18.9 Å². The molecule has 0 heterocycles. The zero-order valence-corrected chi connectivity index (χ0v) is 20.3. The van der Waals surface area contributed by atoms with Crippen molar-refractivity contribution in [2.24, 2.45) is 0 Å². The zero-order valence-electron chi connectivity index (χ0n) is 19.5. The maximum absolute atomic E-state index is 14.3. The van der Waals surface area contributed by atoms with Crippen molar-refractivity contribution in [3.05, 3.63) is 58.9 Å². The molecule has 2 rings (SSSR count). The van der Waals surface area contributed by atoms with Gasteiger partial charge in [0.1, 0.15) is 5.82 Å². The van der Waals surface area contributed by atoms with Gasteiger partial charge < -0.3 is 10.2 Å². The number of alkyl halides is 3. The van der Waals surface area contributed by atoms with Crippen molar-refractivity contribution in [3.63, 3.8) is 0 Å². The number of nitrogens with zero attached hydrogens (tertiary/aromatic N) is 1. The fourth-order valence-corrected chi connectivity index (χ4v) is 3.90. The largest absolute Gasteiger partial charge is 0.416 e. The second-order valence-electron chi connectivity index (χ2n) is 8.17. The third kappa shape index (κ3) is 7.61. The molecule has 0 aromatic heterocycles. The van der Waals surface area contributed by atoms with Crippen LogP contribution in [0.25, 0.3) is 0 Å². The predicted octanol–water partition coefficient (Wildman–Crippen LogP) is 4.87. The lowest BCUT2D eigenvalue weighted by Gasteiger charge is -2.24. The van der Waals surface area contributed by atoms with Crippen LogP contribution in [0.5, 0.6) is 0 Å². The molecule has 0 aliphatic rings. The first-order chi connectivity index (χ1) is 15.7. The highest BCUT2D eigenvalue weighted by Crippen LogP contribution is 2.33. The number of sulfonamides is 1. The minimum Gasteiger partial charge on any atom is -0.374 e. The number of carbonyl (C=O) groups excluding carboxylic acids is 1. The first-order valence-corrected chi connectivity index (χ1v) is 12.6. The Morgan fingerprint density at radius 3 is 2.38 bits per heavy atom. The van der Waals surface area contributed by atoms with E-state index in [1.807, 2.05) is 11.6 Å². The standard InChI is InChI=1S/C23H29F4N3O3S/c1-5-6-11-30(3)21-13-18(23(25,26)27)9-7-17(21)14-28-22(31)15(2)16-8-10-20(19(24)12-16)29-34(4,32)33/h7-10,12-13,15,29H,5-6,11,14H2,1-4H3,(H,28,31). The van der Waals surface area contributed by atoms with E-state index in [4.69, 9.17) is 0 Å². The van der Waals surface area contributed by atoms with Gasteiger partial charge in [-0.1, -0.05) is 25.5 Å². The fourth-order valence-electron chi connectivity index (χ4n) is 3.33. The Bertz CT molecular complexity index is 1120. The van der Waals surface area contributed by atoms with Crippen molar-refractivity contribution < 1.29 is 30.8 Å². The van der Waals surface area contributed by atoms with E-state index in [0.29, 0.717) is 23.4 Å². The minimum absolute atomic E-state index is 0.0106. The first-order valence-electron chi connectivity index (χ1n) is 10.7. The Hall–Kier alpha value is -2.82. The highest BCUT2D eigenvalue weighted by atomic mass is 32.2. The molecule has 0 spiro atoms. The molecule has 0 fully saturated rings. The van der Waals surface area contributed by atoms with Gasteiger partial charge in [0.15, 0.2) is 0 Å². The summed E-state index contributed by atoms with van der Waals surface area (Å²) in [5.41, 5.74) is 0.210. The highest BCUT2D eigenvalue weighted by Gasteiger charge is 2.31. The van der Waals surface area contributed by atoms with Gasteiger partial charge in [0.2, 0.25) is 15.9 Å². The summed E-state index contributed by atoms with van der Waals surface area (Å²) in [7, 11) is -1.96. The van der Waals surface area contributed by atoms with Gasteiger partial charge in [-0.2, -0.15) is 13.2 Å². The van der Waals surface area contributed by atoms with Crippen LogP contribution in [0.2, 0.25) is 0 Å². The summed E-state index contributed by atoms with van der Waals surface area (Å²) >= 11 is 0. The van der Waals surface area contributed by atoms with Crippen molar-refractivity contribution in [2.75, 3.05) is 29.5 Å². The second-order valence-corrected chi connectivity index (χ2v) is 9.92. The molecular weight excluding hydrogens is 474 g/mol. The summed E-state index contributed by atoms with van der Waals surface area (Å²) in [5.74, 6) is -2.06. The lowest BCUT2D eigenvalue weighted by Crippen LogP contribution is -2.29. The van der Waals surface area contributed by atoms with Crippen molar-refractivity contribution in [3.8, 4) is 0 Å². The average molecular weight is 504 g/mol. The van der Waals surface area contributed by atoms with Gasteiger partial charge in [-0.15, -0.1) is 0 Å². The average Bonchev–Trinajstić information content (AvgIpc) is 2.75. The lowest BCUT2D eigenvalue weighted by atomic mass is 9.99. The molecule has 0 saturated heterocycles. The summed E-state index contributed by atoms with van der Waals surface area (Å²) in [6.07, 6.45) is -1.92. The van der Waals surface area contributed by atoms with Gasteiger partial charge in [-0.3, -0.25) is 9.52 Å². The normalized spacial score (nSPS) is 12.8. The van der Waals surface area contributed by atoms with Crippen LogP contribution in [-0.4, -0.2) is 34.2 Å². The van der Waals surface area contributed by atoms with E-state index in [9.17, 15) is 30.8 Å². The van der Waals surface area contributed by atoms with E-state index >= 15 is 0 Å². The Balaban J connectivity index is 2.19. The number of anilines is 2. The highest BCUT2D eigenvalue weighted by molar-refractivity contribution is 7.92. The van der Waals surface area contributed by atoms with E-state index in [1.165, 1.54) is 18.2 Å². The Morgan fingerprint density at radius 1 is 1.15 bits per heavy atom. The summed E-state index contributed by atoms with van der Waals surface area (Å²) in [6.45, 7) is 4.08. The van der Waals surface area contributed by atoms with Crippen LogP contribution >= 0.6 is 0 Å². The molecule has 0 radical (unpaired) electrons. The maximum atomic E-state index is 14.3. The zero-order chi connectivity index (χ0) is 25.7. The van der Waals surface area contributed by atoms with Crippen LogP contribution in [-0.2, 0) is 27.5 Å². The second kappa shape index (κ2) is 11.1. The SMILES string of the molecule is CCCCN(C)c1cc(C(F)(F)F)ccc1CNC(=O)C(C)c1ccc(NS(C)(=O)=O)c(F)c1. The molecule has 11 heteroatoms. The molecule has 2 aromatic carbocycles. The molecule has 188 valence electrons. The number of halogens is 4. The van der Waals surface area contributed by atoms with Crippen LogP contribution in [0.1, 0.15) is 49.3 Å². The van der Waals surface area contributed by atoms with Crippen molar-refractivity contribution in [1.29, 1.82) is 0 Å². The van der Waals surface area contributed by atoms with E-state index in [-0.39, 0.29) is 12.2 Å². The van der Waals surface area contributed by atoms with E-state index in [2.05, 4.69) is 5.32 Å². The molecule has 0 saturated carbocycles. The molecule has 0 aliphatic heterocycles. The molecule has 0 bridgehead atoms. The fraction of sp³-hybridized carbons (Fsp3) is 0.435. The number of benzene rings is 2. The van der Waals surface area contributed by atoms with E-state index < -0.39 is 39.4 Å². The monoisotopic (exact) mass is 503 g/mol. The number of nitrogens with one attached hydrogen (secondary N) is 2. The Kier molecular flexibility index (Phi) is 8.93. The summed E-state index contributed by atoms with van der Waals surface area (Å²) in [6, 6.07) is 7.13. The van der Waals surface area contributed by atoms with E-state index in [0.717, 1.165) is 37.3 Å². The first kappa shape index (κ1) is 27.4. The van der Waals surface area contributed by atoms with Gasteiger partial charge in [0, 0.05) is 25.8 Å². The smallest absolute Gasteiger partial charge is 0.374 e. The number of hydrogen-bond donors (Lipinski definition) is 2.